The maximum absolute atomic E-state index is 13.5. The fourth-order valence-electron chi connectivity index (χ4n) is 3.89. The highest BCUT2D eigenvalue weighted by atomic mass is 32.1. The SMILES string of the molecule is CCOC(=O)C1=C(C)N=c2s/c(=C\c3ccc(O)cc3)c(=O)n2C1c1ccc(C(C)C)cc1. The average Bonchev–Trinajstić information content (AvgIpc) is 3.09. The maximum Gasteiger partial charge on any atom is 0.338 e. The molecule has 1 N–H and O–H groups in total. The predicted molar refractivity (Wildman–Crippen MR) is 129 cm³/mol. The summed E-state index contributed by atoms with van der Waals surface area (Å²) in [5.74, 6) is 0.0609. The molecule has 6 nitrogen and oxygen atoms in total. The number of aromatic hydroxyl groups is 1. The summed E-state index contributed by atoms with van der Waals surface area (Å²) in [6, 6.07) is 14.0. The van der Waals surface area contributed by atoms with Gasteiger partial charge in [0.15, 0.2) is 4.80 Å². The number of phenolic OH excluding ortho intramolecular Hbond substituents is 1. The van der Waals surface area contributed by atoms with Gasteiger partial charge in [-0.2, -0.15) is 0 Å². The topological polar surface area (TPSA) is 80.9 Å². The number of nitrogens with zero attached hydrogens (tertiary/aromatic N) is 2. The van der Waals surface area contributed by atoms with Gasteiger partial charge in [-0.25, -0.2) is 9.79 Å². The molecule has 0 bridgehead atoms. The van der Waals surface area contributed by atoms with Gasteiger partial charge < -0.3 is 9.84 Å². The van der Waals surface area contributed by atoms with Crippen LogP contribution < -0.4 is 14.9 Å². The number of fused-ring (bicyclic) bond motifs is 1. The van der Waals surface area contributed by atoms with Crippen molar-refractivity contribution < 1.29 is 14.6 Å². The highest BCUT2D eigenvalue weighted by Crippen LogP contribution is 2.31. The zero-order valence-corrected chi connectivity index (χ0v) is 19.8. The second kappa shape index (κ2) is 9.19. The Kier molecular flexibility index (Phi) is 6.33. The largest absolute Gasteiger partial charge is 0.508 e. The molecule has 1 aliphatic rings. The maximum atomic E-state index is 13.5. The Morgan fingerprint density at radius 2 is 1.85 bits per heavy atom. The molecule has 0 fully saturated rings. The molecule has 1 aliphatic heterocycles. The van der Waals surface area contributed by atoms with Crippen LogP contribution >= 0.6 is 11.3 Å². The van der Waals surface area contributed by atoms with Gasteiger partial charge >= 0.3 is 5.97 Å². The number of hydrogen-bond donors (Lipinski definition) is 1. The standard InChI is InChI=1S/C26H26N2O4S/c1-5-32-25(31)22-16(4)27-26-28(23(22)19-10-8-18(9-11-19)15(2)3)24(30)21(33-26)14-17-6-12-20(29)13-7-17/h6-15,23,29H,5H2,1-4H3/b21-14-. The van der Waals surface area contributed by atoms with Crippen LogP contribution in [0.5, 0.6) is 5.75 Å². The smallest absolute Gasteiger partial charge is 0.338 e. The van der Waals surface area contributed by atoms with Crippen LogP contribution in [0.4, 0.5) is 0 Å². The zero-order chi connectivity index (χ0) is 23.7. The van der Waals surface area contributed by atoms with Gasteiger partial charge in [-0.1, -0.05) is 61.6 Å². The van der Waals surface area contributed by atoms with E-state index < -0.39 is 12.0 Å². The van der Waals surface area contributed by atoms with Crippen LogP contribution in [0.25, 0.3) is 6.08 Å². The first-order valence-electron chi connectivity index (χ1n) is 10.9. The first-order valence-corrected chi connectivity index (χ1v) is 11.7. The van der Waals surface area contributed by atoms with E-state index in [2.05, 4.69) is 18.8 Å². The monoisotopic (exact) mass is 462 g/mol. The minimum absolute atomic E-state index is 0.160. The van der Waals surface area contributed by atoms with Crippen molar-refractivity contribution in [3.63, 3.8) is 0 Å². The van der Waals surface area contributed by atoms with Crippen LogP contribution in [0.2, 0.25) is 0 Å². The molecule has 3 aromatic rings. The number of ether oxygens (including phenoxy) is 1. The lowest BCUT2D eigenvalue weighted by Gasteiger charge is -2.25. The molecule has 0 spiro atoms. The summed E-state index contributed by atoms with van der Waals surface area (Å²) in [4.78, 5) is 31.6. The lowest BCUT2D eigenvalue weighted by molar-refractivity contribution is -0.139. The van der Waals surface area contributed by atoms with Crippen LogP contribution in [0, 0.1) is 0 Å². The van der Waals surface area contributed by atoms with Crippen molar-refractivity contribution in [3.8, 4) is 5.75 Å². The van der Waals surface area contributed by atoms with Crippen molar-refractivity contribution in [2.24, 2.45) is 4.99 Å². The van der Waals surface area contributed by atoms with Crippen molar-refractivity contribution in [2.45, 2.75) is 39.7 Å². The summed E-state index contributed by atoms with van der Waals surface area (Å²) in [5, 5.41) is 9.54. The van der Waals surface area contributed by atoms with Crippen LogP contribution in [-0.4, -0.2) is 22.2 Å². The first kappa shape index (κ1) is 22.7. The molecule has 0 aliphatic carbocycles. The molecule has 1 atom stereocenters. The van der Waals surface area contributed by atoms with Crippen molar-refractivity contribution in [3.05, 3.63) is 96.2 Å². The number of carbonyl (C=O) groups is 1. The molecule has 7 heteroatoms. The molecule has 2 heterocycles. The minimum atomic E-state index is -0.622. The molecule has 0 saturated carbocycles. The third-order valence-electron chi connectivity index (χ3n) is 5.63. The van der Waals surface area contributed by atoms with E-state index >= 15 is 0 Å². The van der Waals surface area contributed by atoms with E-state index in [-0.39, 0.29) is 17.9 Å². The summed E-state index contributed by atoms with van der Waals surface area (Å²) >= 11 is 1.28. The summed E-state index contributed by atoms with van der Waals surface area (Å²) < 4.78 is 7.42. The second-order valence-electron chi connectivity index (χ2n) is 8.22. The lowest BCUT2D eigenvalue weighted by Crippen LogP contribution is -2.39. The van der Waals surface area contributed by atoms with E-state index in [0.717, 1.165) is 11.1 Å². The van der Waals surface area contributed by atoms with Gasteiger partial charge in [0.1, 0.15) is 5.75 Å². The number of aromatic nitrogens is 1. The van der Waals surface area contributed by atoms with Crippen molar-refractivity contribution in [1.29, 1.82) is 0 Å². The van der Waals surface area contributed by atoms with Crippen LogP contribution in [0.15, 0.2) is 69.6 Å². The molecule has 1 unspecified atom stereocenters. The Bertz CT molecular complexity index is 1390. The van der Waals surface area contributed by atoms with Gasteiger partial charge in [0.25, 0.3) is 5.56 Å². The molecule has 1 aromatic heterocycles. The predicted octanol–water partition coefficient (Wildman–Crippen LogP) is 3.63. The highest BCUT2D eigenvalue weighted by Gasteiger charge is 2.33. The van der Waals surface area contributed by atoms with Crippen LogP contribution in [-0.2, 0) is 9.53 Å². The number of thiazole rings is 1. The van der Waals surface area contributed by atoms with Crippen LogP contribution in [0.1, 0.15) is 56.3 Å². The molecule has 0 saturated heterocycles. The van der Waals surface area contributed by atoms with Crippen molar-refractivity contribution in [2.75, 3.05) is 6.61 Å². The Hall–Kier alpha value is -3.45. The molecule has 170 valence electrons. The van der Waals surface area contributed by atoms with Gasteiger partial charge in [-0.3, -0.25) is 9.36 Å². The Labute approximate surface area is 195 Å². The lowest BCUT2D eigenvalue weighted by atomic mass is 9.93. The van der Waals surface area contributed by atoms with E-state index in [0.29, 0.717) is 26.5 Å². The number of allylic oxidation sites excluding steroid dienone is 1. The molecule has 0 radical (unpaired) electrons. The van der Waals surface area contributed by atoms with Crippen molar-refractivity contribution in [1.82, 2.24) is 4.57 Å². The Morgan fingerprint density at radius 1 is 1.18 bits per heavy atom. The van der Waals surface area contributed by atoms with Gasteiger partial charge in [0.05, 0.1) is 28.5 Å². The molecule has 0 amide bonds. The van der Waals surface area contributed by atoms with Gasteiger partial charge in [-0.05, 0) is 54.7 Å². The number of hydrogen-bond acceptors (Lipinski definition) is 6. The number of carbonyl (C=O) groups excluding carboxylic acids is 1. The second-order valence-corrected chi connectivity index (χ2v) is 9.22. The molecule has 4 rings (SSSR count). The summed E-state index contributed by atoms with van der Waals surface area (Å²) in [6.45, 7) is 8.01. The fraction of sp³-hybridized carbons (Fsp3) is 0.269. The number of rotatable bonds is 5. The van der Waals surface area contributed by atoms with E-state index in [1.165, 1.54) is 16.9 Å². The summed E-state index contributed by atoms with van der Waals surface area (Å²) in [7, 11) is 0. The van der Waals surface area contributed by atoms with E-state index in [1.807, 2.05) is 24.3 Å². The quantitative estimate of drug-likeness (QED) is 0.587. The Balaban J connectivity index is 1.92. The zero-order valence-electron chi connectivity index (χ0n) is 19.0. The summed E-state index contributed by atoms with van der Waals surface area (Å²) in [6.07, 6.45) is 1.77. The minimum Gasteiger partial charge on any atom is -0.508 e. The number of phenols is 1. The Morgan fingerprint density at radius 3 is 2.45 bits per heavy atom. The first-order chi connectivity index (χ1) is 15.8. The van der Waals surface area contributed by atoms with Gasteiger partial charge in [0.2, 0.25) is 0 Å². The molecular formula is C26H26N2O4S. The molecule has 33 heavy (non-hydrogen) atoms. The highest BCUT2D eigenvalue weighted by molar-refractivity contribution is 7.07. The fourth-order valence-corrected chi connectivity index (χ4v) is 4.94. The third-order valence-corrected chi connectivity index (χ3v) is 6.61. The van der Waals surface area contributed by atoms with Gasteiger partial charge in [-0.15, -0.1) is 0 Å². The van der Waals surface area contributed by atoms with Crippen LogP contribution in [0.3, 0.4) is 0 Å². The van der Waals surface area contributed by atoms with Gasteiger partial charge in [0, 0.05) is 0 Å². The van der Waals surface area contributed by atoms with E-state index in [4.69, 9.17) is 4.74 Å². The molecule has 2 aromatic carbocycles. The van der Waals surface area contributed by atoms with Crippen molar-refractivity contribution >= 4 is 23.4 Å². The van der Waals surface area contributed by atoms with E-state index in [1.54, 1.807) is 48.8 Å². The van der Waals surface area contributed by atoms with E-state index in [9.17, 15) is 14.7 Å². The normalized spacial score (nSPS) is 16.0. The average molecular weight is 463 g/mol. The number of esters is 1. The number of benzene rings is 2. The molecular weight excluding hydrogens is 436 g/mol. The summed E-state index contributed by atoms with van der Waals surface area (Å²) in [5.41, 5.74) is 3.49. The third kappa shape index (κ3) is 4.41.